The van der Waals surface area contributed by atoms with Crippen LogP contribution in [0.25, 0.3) is 10.9 Å². The summed E-state index contributed by atoms with van der Waals surface area (Å²) in [6.07, 6.45) is 0. The van der Waals surface area contributed by atoms with Crippen LogP contribution in [0.1, 0.15) is 22.6 Å². The predicted molar refractivity (Wildman–Crippen MR) is 117 cm³/mol. The Hall–Kier alpha value is -3.31. The largest absolute Gasteiger partial charge is 0.465 e. The van der Waals surface area contributed by atoms with Crippen LogP contribution in [0.15, 0.2) is 71.1 Å². The summed E-state index contributed by atoms with van der Waals surface area (Å²) >= 11 is 0. The molecule has 2 aromatic carbocycles. The first-order valence-corrected chi connectivity index (χ1v) is 9.71. The molecule has 0 fully saturated rings. The number of anilines is 2. The van der Waals surface area contributed by atoms with Crippen LogP contribution < -0.4 is 10.6 Å². The van der Waals surface area contributed by atoms with Crippen molar-refractivity contribution in [3.63, 3.8) is 0 Å². The fourth-order valence-corrected chi connectivity index (χ4v) is 3.36. The highest BCUT2D eigenvalue weighted by Gasteiger charge is 2.05. The van der Waals surface area contributed by atoms with Crippen LogP contribution in [-0.4, -0.2) is 12.1 Å². The molecule has 2 N–H and O–H groups in total. The molecule has 0 unspecified atom stereocenters. The Labute approximate surface area is 170 Å². The molecule has 0 aliphatic rings. The van der Waals surface area contributed by atoms with Crippen molar-refractivity contribution >= 4 is 22.4 Å². The summed E-state index contributed by atoms with van der Waals surface area (Å²) in [6, 6.07) is 22.6. The molecular formula is C24H25N3O2. The van der Waals surface area contributed by atoms with Gasteiger partial charge in [0.05, 0.1) is 18.7 Å². The second kappa shape index (κ2) is 8.80. The van der Waals surface area contributed by atoms with E-state index < -0.39 is 0 Å². The molecule has 148 valence electrons. The Balaban J connectivity index is 1.46. The minimum absolute atomic E-state index is 0.613. The zero-order valence-electron chi connectivity index (χ0n) is 16.7. The summed E-state index contributed by atoms with van der Waals surface area (Å²) in [4.78, 5) is 4.74. The standard InChI is InChI=1S/C24H25N3O2/c1-17-9-10-20(29-17)15-26-24-12-11-21-22(7-4-8-23(21)27-24)25-14-18-5-3-6-19(13-18)16-28-2/h3-13,25H,14-16H2,1-2H3,(H,26,27). The fraction of sp³-hybridized carbons (Fsp3) is 0.208. The second-order valence-corrected chi connectivity index (χ2v) is 7.04. The Morgan fingerprint density at radius 1 is 0.897 bits per heavy atom. The van der Waals surface area contributed by atoms with E-state index in [2.05, 4.69) is 47.0 Å². The van der Waals surface area contributed by atoms with Crippen LogP contribution in [0, 0.1) is 6.92 Å². The molecule has 0 radical (unpaired) electrons. The van der Waals surface area contributed by atoms with Crippen molar-refractivity contribution in [1.82, 2.24) is 4.98 Å². The molecule has 0 aliphatic carbocycles. The maximum Gasteiger partial charge on any atom is 0.127 e. The monoisotopic (exact) mass is 387 g/mol. The summed E-state index contributed by atoms with van der Waals surface area (Å²) in [5, 5.41) is 7.96. The first-order chi connectivity index (χ1) is 14.2. The fourth-order valence-electron chi connectivity index (χ4n) is 3.36. The number of aromatic nitrogens is 1. The number of nitrogens with one attached hydrogen (secondary N) is 2. The SMILES string of the molecule is COCc1cccc(CNc2cccc3nc(NCc4ccc(C)o4)ccc23)c1. The Morgan fingerprint density at radius 2 is 1.76 bits per heavy atom. The number of rotatable bonds is 8. The number of aryl methyl sites for hydroxylation is 1. The lowest BCUT2D eigenvalue weighted by molar-refractivity contribution is 0.185. The van der Waals surface area contributed by atoms with Gasteiger partial charge in [-0.2, -0.15) is 0 Å². The molecular weight excluding hydrogens is 362 g/mol. The van der Waals surface area contributed by atoms with Gasteiger partial charge in [0.2, 0.25) is 0 Å². The number of hydrogen-bond acceptors (Lipinski definition) is 5. The van der Waals surface area contributed by atoms with Crippen LogP contribution in [-0.2, 0) is 24.4 Å². The first kappa shape index (κ1) is 19.0. The molecule has 5 nitrogen and oxygen atoms in total. The molecule has 0 saturated carbocycles. The van der Waals surface area contributed by atoms with Crippen LogP contribution in [0.2, 0.25) is 0 Å². The number of hydrogen-bond donors (Lipinski definition) is 2. The van der Waals surface area contributed by atoms with E-state index in [9.17, 15) is 0 Å². The number of benzene rings is 2. The van der Waals surface area contributed by atoms with Crippen molar-refractivity contribution in [3.8, 4) is 0 Å². The average molecular weight is 387 g/mol. The number of nitrogens with zero attached hydrogens (tertiary/aromatic N) is 1. The van der Waals surface area contributed by atoms with Gasteiger partial charge in [0.15, 0.2) is 0 Å². The normalized spacial score (nSPS) is 11.0. The third-order valence-electron chi connectivity index (χ3n) is 4.76. The highest BCUT2D eigenvalue weighted by molar-refractivity contribution is 5.92. The van der Waals surface area contributed by atoms with Gasteiger partial charge in [-0.3, -0.25) is 0 Å². The van der Waals surface area contributed by atoms with E-state index in [-0.39, 0.29) is 0 Å². The van der Waals surface area contributed by atoms with Crippen molar-refractivity contribution < 1.29 is 9.15 Å². The molecule has 4 aromatic rings. The predicted octanol–water partition coefficient (Wildman–Crippen LogP) is 5.51. The Morgan fingerprint density at radius 3 is 2.59 bits per heavy atom. The number of methoxy groups -OCH3 is 1. The lowest BCUT2D eigenvalue weighted by atomic mass is 10.1. The van der Waals surface area contributed by atoms with Gasteiger partial charge in [-0.25, -0.2) is 4.98 Å². The summed E-state index contributed by atoms with van der Waals surface area (Å²) in [6.45, 7) is 3.93. The minimum atomic E-state index is 0.613. The summed E-state index contributed by atoms with van der Waals surface area (Å²) < 4.78 is 10.8. The molecule has 0 atom stereocenters. The van der Waals surface area contributed by atoms with Crippen molar-refractivity contribution in [2.24, 2.45) is 0 Å². The number of furan rings is 1. The summed E-state index contributed by atoms with van der Waals surface area (Å²) in [5.74, 6) is 2.64. The third kappa shape index (κ3) is 4.76. The number of pyridine rings is 1. The highest BCUT2D eigenvalue weighted by Crippen LogP contribution is 2.24. The average Bonchev–Trinajstić information content (AvgIpc) is 3.16. The van der Waals surface area contributed by atoms with E-state index in [1.165, 1.54) is 11.1 Å². The second-order valence-electron chi connectivity index (χ2n) is 7.04. The van der Waals surface area contributed by atoms with Gasteiger partial charge in [0.1, 0.15) is 17.3 Å². The molecule has 2 heterocycles. The summed E-state index contributed by atoms with van der Waals surface area (Å²) in [5.41, 5.74) is 4.41. The molecule has 29 heavy (non-hydrogen) atoms. The van der Waals surface area contributed by atoms with E-state index in [4.69, 9.17) is 14.1 Å². The minimum Gasteiger partial charge on any atom is -0.465 e. The molecule has 4 rings (SSSR count). The molecule has 0 aliphatic heterocycles. The van der Waals surface area contributed by atoms with Gasteiger partial charge >= 0.3 is 0 Å². The lowest BCUT2D eigenvalue weighted by Gasteiger charge is -2.12. The van der Waals surface area contributed by atoms with Gasteiger partial charge in [0, 0.05) is 24.7 Å². The maximum atomic E-state index is 5.60. The van der Waals surface area contributed by atoms with Crippen LogP contribution in [0.5, 0.6) is 0 Å². The van der Waals surface area contributed by atoms with Crippen LogP contribution in [0.3, 0.4) is 0 Å². The topological polar surface area (TPSA) is 59.3 Å². The zero-order valence-corrected chi connectivity index (χ0v) is 16.7. The Bertz CT molecular complexity index is 1100. The van der Waals surface area contributed by atoms with Crippen molar-refractivity contribution in [2.45, 2.75) is 26.6 Å². The molecule has 0 spiro atoms. The third-order valence-corrected chi connectivity index (χ3v) is 4.76. The van der Waals surface area contributed by atoms with Crippen molar-refractivity contribution in [3.05, 3.63) is 89.4 Å². The van der Waals surface area contributed by atoms with Crippen molar-refractivity contribution in [1.29, 1.82) is 0 Å². The van der Waals surface area contributed by atoms with Gasteiger partial charge in [-0.1, -0.05) is 30.3 Å². The molecule has 0 bridgehead atoms. The van der Waals surface area contributed by atoms with Gasteiger partial charge in [-0.05, 0) is 54.4 Å². The Kier molecular flexibility index (Phi) is 5.77. The smallest absolute Gasteiger partial charge is 0.127 e. The number of ether oxygens (including phenoxy) is 1. The van der Waals surface area contributed by atoms with Crippen LogP contribution in [0.4, 0.5) is 11.5 Å². The van der Waals surface area contributed by atoms with E-state index in [0.717, 1.165) is 40.5 Å². The molecule has 5 heteroatoms. The van der Waals surface area contributed by atoms with E-state index in [0.29, 0.717) is 13.2 Å². The first-order valence-electron chi connectivity index (χ1n) is 9.71. The maximum absolute atomic E-state index is 5.60. The lowest BCUT2D eigenvalue weighted by Crippen LogP contribution is -2.03. The molecule has 2 aromatic heterocycles. The number of fused-ring (bicyclic) bond motifs is 1. The molecule has 0 saturated heterocycles. The van der Waals surface area contributed by atoms with Gasteiger partial charge in [-0.15, -0.1) is 0 Å². The van der Waals surface area contributed by atoms with E-state index in [1.54, 1.807) is 7.11 Å². The highest BCUT2D eigenvalue weighted by atomic mass is 16.5. The van der Waals surface area contributed by atoms with E-state index >= 15 is 0 Å². The van der Waals surface area contributed by atoms with Gasteiger partial charge in [0.25, 0.3) is 0 Å². The molecule has 0 amide bonds. The summed E-state index contributed by atoms with van der Waals surface area (Å²) in [7, 11) is 1.72. The quantitative estimate of drug-likeness (QED) is 0.418. The van der Waals surface area contributed by atoms with Crippen LogP contribution >= 0.6 is 0 Å². The van der Waals surface area contributed by atoms with E-state index in [1.807, 2.05) is 37.3 Å². The van der Waals surface area contributed by atoms with Crippen molar-refractivity contribution in [2.75, 3.05) is 17.7 Å². The van der Waals surface area contributed by atoms with Gasteiger partial charge < -0.3 is 19.8 Å². The zero-order chi connectivity index (χ0) is 20.1.